The summed E-state index contributed by atoms with van der Waals surface area (Å²) in [7, 11) is 1.37. The van der Waals surface area contributed by atoms with Gasteiger partial charge in [0.05, 0.1) is 12.7 Å². The lowest BCUT2D eigenvalue weighted by atomic mass is 10.2. The largest absolute Gasteiger partial charge is 0.465 e. The molecule has 0 spiro atoms. The van der Waals surface area contributed by atoms with Crippen LogP contribution in [0.3, 0.4) is 0 Å². The van der Waals surface area contributed by atoms with Crippen LogP contribution >= 0.6 is 0 Å². The molecule has 0 radical (unpaired) electrons. The highest BCUT2D eigenvalue weighted by molar-refractivity contribution is 5.89. The van der Waals surface area contributed by atoms with E-state index in [2.05, 4.69) is 9.72 Å². The molecule has 0 aliphatic heterocycles. The van der Waals surface area contributed by atoms with Gasteiger partial charge in [0.15, 0.2) is 0 Å². The van der Waals surface area contributed by atoms with Gasteiger partial charge < -0.3 is 4.74 Å². The summed E-state index contributed by atoms with van der Waals surface area (Å²) in [6.07, 6.45) is 0. The van der Waals surface area contributed by atoms with Crippen molar-refractivity contribution < 1.29 is 9.53 Å². The van der Waals surface area contributed by atoms with E-state index in [1.165, 1.54) is 7.11 Å². The Morgan fingerprint density at radius 1 is 1.33 bits per heavy atom. The van der Waals surface area contributed by atoms with Gasteiger partial charge in [0, 0.05) is 11.4 Å². The maximum atomic E-state index is 11.1. The first-order valence-electron chi connectivity index (χ1n) is 3.67. The lowest BCUT2D eigenvalue weighted by Crippen LogP contribution is -2.03. The second-order valence-electron chi connectivity index (χ2n) is 2.63. The summed E-state index contributed by atoms with van der Waals surface area (Å²) in [5, 5.41) is 0. The SMILES string of the molecule is COC(=O)c1cc(C)nc(C)c1. The van der Waals surface area contributed by atoms with Crippen LogP contribution < -0.4 is 0 Å². The van der Waals surface area contributed by atoms with E-state index in [4.69, 9.17) is 0 Å². The number of nitrogens with zero attached hydrogens (tertiary/aromatic N) is 1. The van der Waals surface area contributed by atoms with Crippen molar-refractivity contribution in [3.63, 3.8) is 0 Å². The van der Waals surface area contributed by atoms with E-state index in [0.717, 1.165) is 11.4 Å². The van der Waals surface area contributed by atoms with Crippen LogP contribution in [0.1, 0.15) is 21.7 Å². The van der Waals surface area contributed by atoms with Crippen LogP contribution in [0.5, 0.6) is 0 Å². The molecule has 3 nitrogen and oxygen atoms in total. The van der Waals surface area contributed by atoms with Crippen LogP contribution in [0.2, 0.25) is 0 Å². The van der Waals surface area contributed by atoms with E-state index in [1.54, 1.807) is 12.1 Å². The maximum Gasteiger partial charge on any atom is 0.337 e. The van der Waals surface area contributed by atoms with E-state index in [1.807, 2.05) is 13.8 Å². The van der Waals surface area contributed by atoms with Gasteiger partial charge in [-0.2, -0.15) is 0 Å². The molecule has 12 heavy (non-hydrogen) atoms. The molecule has 64 valence electrons. The highest BCUT2D eigenvalue weighted by Gasteiger charge is 2.05. The van der Waals surface area contributed by atoms with Gasteiger partial charge in [-0.25, -0.2) is 4.79 Å². The minimum absolute atomic E-state index is 0.316. The molecule has 1 aromatic heterocycles. The first-order chi connectivity index (χ1) is 5.63. The molecule has 3 heteroatoms. The molecule has 0 amide bonds. The molecule has 0 aromatic carbocycles. The molecule has 0 fully saturated rings. The number of esters is 1. The monoisotopic (exact) mass is 165 g/mol. The minimum Gasteiger partial charge on any atom is -0.465 e. The Morgan fingerprint density at radius 3 is 2.25 bits per heavy atom. The Balaban J connectivity index is 3.08. The number of hydrogen-bond acceptors (Lipinski definition) is 3. The lowest BCUT2D eigenvalue weighted by molar-refractivity contribution is 0.0600. The molecule has 0 unspecified atom stereocenters. The van der Waals surface area contributed by atoms with Crippen molar-refractivity contribution in [2.75, 3.05) is 7.11 Å². The van der Waals surface area contributed by atoms with Crippen molar-refractivity contribution in [3.05, 3.63) is 29.1 Å². The van der Waals surface area contributed by atoms with Crippen molar-refractivity contribution in [2.45, 2.75) is 13.8 Å². The number of carbonyl (C=O) groups is 1. The second-order valence-corrected chi connectivity index (χ2v) is 2.63. The highest BCUT2D eigenvalue weighted by atomic mass is 16.5. The molecule has 1 heterocycles. The first kappa shape index (κ1) is 8.71. The van der Waals surface area contributed by atoms with E-state index in [9.17, 15) is 4.79 Å². The zero-order valence-electron chi connectivity index (χ0n) is 7.42. The zero-order valence-corrected chi connectivity index (χ0v) is 7.42. The van der Waals surface area contributed by atoms with Crippen LogP contribution in [0.25, 0.3) is 0 Å². The Bertz CT molecular complexity index is 287. The molecule has 1 rings (SSSR count). The third-order valence-corrected chi connectivity index (χ3v) is 1.50. The topological polar surface area (TPSA) is 39.2 Å². The Hall–Kier alpha value is -1.38. The smallest absolute Gasteiger partial charge is 0.337 e. The summed E-state index contributed by atoms with van der Waals surface area (Å²) in [4.78, 5) is 15.2. The summed E-state index contributed by atoms with van der Waals surface area (Å²) in [5.41, 5.74) is 2.22. The summed E-state index contributed by atoms with van der Waals surface area (Å²) in [6.45, 7) is 3.69. The quantitative estimate of drug-likeness (QED) is 0.592. The Labute approximate surface area is 71.4 Å². The van der Waals surface area contributed by atoms with Crippen LogP contribution in [0, 0.1) is 13.8 Å². The van der Waals surface area contributed by atoms with Gasteiger partial charge in [-0.3, -0.25) is 4.98 Å². The van der Waals surface area contributed by atoms with Crippen molar-refractivity contribution in [1.29, 1.82) is 0 Å². The number of aromatic nitrogens is 1. The first-order valence-corrected chi connectivity index (χ1v) is 3.67. The molecule has 0 saturated heterocycles. The number of aryl methyl sites for hydroxylation is 2. The number of carbonyl (C=O) groups excluding carboxylic acids is 1. The zero-order chi connectivity index (χ0) is 9.14. The molecular weight excluding hydrogens is 154 g/mol. The summed E-state index contributed by atoms with van der Waals surface area (Å²) >= 11 is 0. The average Bonchev–Trinajstić information content (AvgIpc) is 2.01. The van der Waals surface area contributed by atoms with E-state index in [-0.39, 0.29) is 5.97 Å². The fourth-order valence-corrected chi connectivity index (χ4v) is 1.07. The predicted molar refractivity (Wildman–Crippen MR) is 45.1 cm³/mol. The highest BCUT2D eigenvalue weighted by Crippen LogP contribution is 2.05. The van der Waals surface area contributed by atoms with Gasteiger partial charge in [0.25, 0.3) is 0 Å². The second kappa shape index (κ2) is 3.34. The van der Waals surface area contributed by atoms with Crippen molar-refractivity contribution in [2.24, 2.45) is 0 Å². The number of pyridine rings is 1. The summed E-state index contributed by atoms with van der Waals surface area (Å²) in [6, 6.07) is 3.41. The molecule has 0 bridgehead atoms. The van der Waals surface area contributed by atoms with Crippen LogP contribution in [0.15, 0.2) is 12.1 Å². The fraction of sp³-hybridized carbons (Fsp3) is 0.333. The van der Waals surface area contributed by atoms with Gasteiger partial charge in [0.1, 0.15) is 0 Å². The number of rotatable bonds is 1. The number of hydrogen-bond donors (Lipinski definition) is 0. The Kier molecular flexibility index (Phi) is 2.43. The molecule has 0 atom stereocenters. The van der Waals surface area contributed by atoms with Crippen molar-refractivity contribution in [1.82, 2.24) is 4.98 Å². The lowest BCUT2D eigenvalue weighted by Gasteiger charge is -2.01. The van der Waals surface area contributed by atoms with E-state index < -0.39 is 0 Å². The molecule has 0 aliphatic carbocycles. The van der Waals surface area contributed by atoms with Crippen molar-refractivity contribution in [3.8, 4) is 0 Å². The van der Waals surface area contributed by atoms with Gasteiger partial charge in [-0.05, 0) is 26.0 Å². The third-order valence-electron chi connectivity index (χ3n) is 1.50. The standard InChI is InChI=1S/C9H11NO2/c1-6-4-8(9(11)12-3)5-7(2)10-6/h4-5H,1-3H3. The third kappa shape index (κ3) is 1.81. The van der Waals surface area contributed by atoms with Gasteiger partial charge in [-0.1, -0.05) is 0 Å². The molecule has 0 N–H and O–H groups in total. The van der Waals surface area contributed by atoms with E-state index in [0.29, 0.717) is 5.56 Å². The van der Waals surface area contributed by atoms with Crippen LogP contribution in [-0.4, -0.2) is 18.1 Å². The minimum atomic E-state index is -0.316. The summed E-state index contributed by atoms with van der Waals surface area (Å²) in [5.74, 6) is -0.316. The molecule has 0 saturated carbocycles. The molecular formula is C9H11NO2. The average molecular weight is 165 g/mol. The van der Waals surface area contributed by atoms with Gasteiger partial charge >= 0.3 is 5.97 Å². The molecule has 0 aliphatic rings. The number of ether oxygens (including phenoxy) is 1. The van der Waals surface area contributed by atoms with Crippen molar-refractivity contribution >= 4 is 5.97 Å². The van der Waals surface area contributed by atoms with Gasteiger partial charge in [0.2, 0.25) is 0 Å². The Morgan fingerprint density at radius 2 is 1.83 bits per heavy atom. The van der Waals surface area contributed by atoms with Crippen LogP contribution in [0.4, 0.5) is 0 Å². The summed E-state index contributed by atoms with van der Waals surface area (Å²) < 4.78 is 4.58. The van der Waals surface area contributed by atoms with Gasteiger partial charge in [-0.15, -0.1) is 0 Å². The number of methoxy groups -OCH3 is 1. The maximum absolute atomic E-state index is 11.1. The fourth-order valence-electron chi connectivity index (χ4n) is 1.07. The predicted octanol–water partition coefficient (Wildman–Crippen LogP) is 1.49. The molecule has 1 aromatic rings. The van der Waals surface area contributed by atoms with E-state index >= 15 is 0 Å². The normalized spacial score (nSPS) is 9.58. The van der Waals surface area contributed by atoms with Crippen LogP contribution in [-0.2, 0) is 4.74 Å².